The molecule has 0 fully saturated rings. The molecule has 0 amide bonds. The first-order valence-corrected chi connectivity index (χ1v) is 16.4. The molecule has 0 aliphatic carbocycles. The van der Waals surface area contributed by atoms with Crippen LogP contribution in [0, 0.1) is 0 Å². The maximum atomic E-state index is 2.34. The van der Waals surface area contributed by atoms with Gasteiger partial charge in [0.15, 0.2) is 0 Å². The van der Waals surface area contributed by atoms with E-state index in [-0.39, 0.29) is 0 Å². The molecule has 2 nitrogen and oxygen atoms in total. The van der Waals surface area contributed by atoms with E-state index in [0.29, 0.717) is 0 Å². The molecule has 0 spiro atoms. The number of benzene rings is 8. The van der Waals surface area contributed by atoms with Gasteiger partial charge in [-0.1, -0.05) is 140 Å². The number of fused-ring (bicyclic) bond motifs is 1. The first-order chi connectivity index (χ1) is 23.8. The van der Waals surface area contributed by atoms with Gasteiger partial charge in [0.2, 0.25) is 0 Å². The van der Waals surface area contributed by atoms with Crippen molar-refractivity contribution in [3.05, 3.63) is 206 Å². The molecule has 8 aromatic rings. The van der Waals surface area contributed by atoms with Crippen molar-refractivity contribution in [3.8, 4) is 22.3 Å². The van der Waals surface area contributed by atoms with E-state index in [1.807, 2.05) is 0 Å². The highest BCUT2D eigenvalue weighted by atomic mass is 15.1. The van der Waals surface area contributed by atoms with E-state index in [9.17, 15) is 0 Å². The molecule has 228 valence electrons. The first-order valence-electron chi connectivity index (χ1n) is 16.4. The maximum Gasteiger partial charge on any atom is 0.0540 e. The predicted octanol–water partition coefficient (Wildman–Crippen LogP) is 13.1. The lowest BCUT2D eigenvalue weighted by Gasteiger charge is -2.27. The lowest BCUT2D eigenvalue weighted by molar-refractivity contribution is 1.28. The van der Waals surface area contributed by atoms with E-state index in [2.05, 4.69) is 216 Å². The Hall–Kier alpha value is -6.38. The first kappa shape index (κ1) is 29.1. The van der Waals surface area contributed by atoms with Gasteiger partial charge in [-0.3, -0.25) is 0 Å². The summed E-state index contributed by atoms with van der Waals surface area (Å²) in [5, 5.41) is 2.42. The van der Waals surface area contributed by atoms with Crippen molar-refractivity contribution < 1.29 is 0 Å². The van der Waals surface area contributed by atoms with E-state index in [1.165, 1.54) is 33.0 Å². The summed E-state index contributed by atoms with van der Waals surface area (Å²) in [6.07, 6.45) is 0. The summed E-state index contributed by atoms with van der Waals surface area (Å²) in [6, 6.07) is 73.4. The summed E-state index contributed by atoms with van der Waals surface area (Å²) < 4.78 is 0. The zero-order valence-electron chi connectivity index (χ0n) is 26.5. The molecule has 8 aromatic carbocycles. The molecule has 2 heteroatoms. The fourth-order valence-corrected chi connectivity index (χ4v) is 6.57. The van der Waals surface area contributed by atoms with Crippen LogP contribution in [0.2, 0.25) is 0 Å². The summed E-state index contributed by atoms with van der Waals surface area (Å²) >= 11 is 0. The Balaban J connectivity index is 1.18. The topological polar surface area (TPSA) is 6.48 Å². The highest BCUT2D eigenvalue weighted by Crippen LogP contribution is 2.42. The summed E-state index contributed by atoms with van der Waals surface area (Å²) in [6.45, 7) is 0. The highest BCUT2D eigenvalue weighted by molar-refractivity contribution is 6.05. The average molecular weight is 615 g/mol. The Bertz CT molecular complexity index is 2210. The van der Waals surface area contributed by atoms with E-state index in [1.54, 1.807) is 0 Å². The second kappa shape index (κ2) is 13.2. The van der Waals surface area contributed by atoms with Crippen molar-refractivity contribution in [2.24, 2.45) is 0 Å². The Morgan fingerprint density at radius 2 is 0.625 bits per heavy atom. The van der Waals surface area contributed by atoms with Gasteiger partial charge < -0.3 is 9.80 Å². The van der Waals surface area contributed by atoms with Gasteiger partial charge in [-0.25, -0.2) is 0 Å². The van der Waals surface area contributed by atoms with Crippen molar-refractivity contribution in [2.45, 2.75) is 0 Å². The Kier molecular flexibility index (Phi) is 7.96. The second-order valence-corrected chi connectivity index (χ2v) is 11.8. The molecule has 0 aliphatic heterocycles. The average Bonchev–Trinajstić information content (AvgIpc) is 3.17. The van der Waals surface area contributed by atoms with Gasteiger partial charge in [0.1, 0.15) is 0 Å². The van der Waals surface area contributed by atoms with Crippen LogP contribution >= 0.6 is 0 Å². The van der Waals surface area contributed by atoms with E-state index in [0.717, 1.165) is 34.1 Å². The van der Waals surface area contributed by atoms with Crippen molar-refractivity contribution in [3.63, 3.8) is 0 Å². The van der Waals surface area contributed by atoms with Gasteiger partial charge in [-0.15, -0.1) is 0 Å². The SMILES string of the molecule is c1ccc(-c2ccc(N(c3ccccc3)c3ccc(-c4cccc5c(N(c6ccccc6)c6ccccc6)cccc45)cc3)cc2)cc1. The molecule has 0 unspecified atom stereocenters. The molecule has 48 heavy (non-hydrogen) atoms. The van der Waals surface area contributed by atoms with Crippen LogP contribution in [0.3, 0.4) is 0 Å². The molecular weight excluding hydrogens is 581 g/mol. The van der Waals surface area contributed by atoms with Crippen LogP contribution < -0.4 is 9.80 Å². The number of hydrogen-bond acceptors (Lipinski definition) is 2. The molecule has 0 saturated carbocycles. The van der Waals surface area contributed by atoms with Gasteiger partial charge >= 0.3 is 0 Å². The van der Waals surface area contributed by atoms with Crippen LogP contribution in [0.15, 0.2) is 206 Å². The Labute approximate surface area is 282 Å². The van der Waals surface area contributed by atoms with Crippen LogP contribution in [0.5, 0.6) is 0 Å². The zero-order valence-corrected chi connectivity index (χ0v) is 26.5. The van der Waals surface area contributed by atoms with Crippen LogP contribution in [0.25, 0.3) is 33.0 Å². The van der Waals surface area contributed by atoms with E-state index >= 15 is 0 Å². The van der Waals surface area contributed by atoms with Gasteiger partial charge in [0.25, 0.3) is 0 Å². The molecular formula is C46H34N2. The molecule has 8 rings (SSSR count). The molecule has 0 aromatic heterocycles. The smallest absolute Gasteiger partial charge is 0.0540 e. The molecule has 0 radical (unpaired) electrons. The number of anilines is 6. The van der Waals surface area contributed by atoms with E-state index < -0.39 is 0 Å². The maximum absolute atomic E-state index is 2.34. The summed E-state index contributed by atoms with van der Waals surface area (Å²) in [7, 11) is 0. The normalized spacial score (nSPS) is 10.9. The molecule has 0 bridgehead atoms. The Morgan fingerprint density at radius 3 is 1.17 bits per heavy atom. The molecule has 0 atom stereocenters. The fraction of sp³-hybridized carbons (Fsp3) is 0. The van der Waals surface area contributed by atoms with Gasteiger partial charge in [-0.2, -0.15) is 0 Å². The second-order valence-electron chi connectivity index (χ2n) is 11.8. The lowest BCUT2D eigenvalue weighted by atomic mass is 9.96. The van der Waals surface area contributed by atoms with Crippen LogP contribution in [-0.4, -0.2) is 0 Å². The van der Waals surface area contributed by atoms with Crippen molar-refractivity contribution in [1.29, 1.82) is 0 Å². The molecule has 0 saturated heterocycles. The molecule has 0 heterocycles. The quantitative estimate of drug-likeness (QED) is 0.168. The summed E-state index contributed by atoms with van der Waals surface area (Å²) in [5.74, 6) is 0. The predicted molar refractivity (Wildman–Crippen MR) is 204 cm³/mol. The van der Waals surface area contributed by atoms with Crippen molar-refractivity contribution >= 4 is 44.9 Å². The fourth-order valence-electron chi connectivity index (χ4n) is 6.57. The lowest BCUT2D eigenvalue weighted by Crippen LogP contribution is -2.10. The standard InChI is InChI=1S/C46H34N2/c1-5-15-35(16-6-1)36-27-31-41(32-28-36)47(38-17-7-2-8-18-38)42-33-29-37(30-34-42)43-23-13-25-45-44(43)24-14-26-46(45)48(39-19-9-3-10-20-39)40-21-11-4-12-22-40/h1-34H. The van der Waals surface area contributed by atoms with Crippen LogP contribution in [-0.2, 0) is 0 Å². The molecule has 0 N–H and O–H groups in total. The third kappa shape index (κ3) is 5.72. The van der Waals surface area contributed by atoms with Gasteiger partial charge in [0.05, 0.1) is 5.69 Å². The summed E-state index contributed by atoms with van der Waals surface area (Å²) in [4.78, 5) is 4.66. The minimum Gasteiger partial charge on any atom is -0.311 e. The number of para-hydroxylation sites is 3. The minimum absolute atomic E-state index is 1.11. The Morgan fingerprint density at radius 1 is 0.229 bits per heavy atom. The minimum atomic E-state index is 1.11. The van der Waals surface area contributed by atoms with Crippen LogP contribution in [0.4, 0.5) is 34.1 Å². The van der Waals surface area contributed by atoms with Gasteiger partial charge in [0, 0.05) is 33.8 Å². The van der Waals surface area contributed by atoms with E-state index in [4.69, 9.17) is 0 Å². The van der Waals surface area contributed by atoms with Crippen LogP contribution in [0.1, 0.15) is 0 Å². The number of rotatable bonds is 8. The number of nitrogens with zero attached hydrogens (tertiary/aromatic N) is 2. The third-order valence-electron chi connectivity index (χ3n) is 8.85. The zero-order chi connectivity index (χ0) is 32.1. The monoisotopic (exact) mass is 614 g/mol. The third-order valence-corrected chi connectivity index (χ3v) is 8.85. The molecule has 0 aliphatic rings. The summed E-state index contributed by atoms with van der Waals surface area (Å²) in [5.41, 5.74) is 11.6. The van der Waals surface area contributed by atoms with Crippen molar-refractivity contribution in [1.82, 2.24) is 0 Å². The van der Waals surface area contributed by atoms with Crippen molar-refractivity contribution in [2.75, 3.05) is 9.80 Å². The van der Waals surface area contributed by atoms with Gasteiger partial charge in [-0.05, 0) is 94.4 Å². The largest absolute Gasteiger partial charge is 0.311 e. The number of hydrogen-bond donors (Lipinski definition) is 0. The highest BCUT2D eigenvalue weighted by Gasteiger charge is 2.17.